The first kappa shape index (κ1) is 30.7. The van der Waals surface area contributed by atoms with Crippen LogP contribution in [0.1, 0.15) is 32.3 Å². The SMILES string of the molecule is CCC(Cc1ccccc1)C(C)CC1(Br)C(Br)(Br)C(Br)(Br)C(Br)(Br)C(Br)(Br)C1(Br)Br. The molecule has 0 nitrogen and oxygen atoms in total. The summed E-state index contributed by atoms with van der Waals surface area (Å²) in [6, 6.07) is 10.7. The van der Waals surface area contributed by atoms with Gasteiger partial charge in [0.05, 0.1) is 4.32 Å². The van der Waals surface area contributed by atoms with Crippen LogP contribution in [-0.2, 0) is 6.42 Å². The van der Waals surface area contributed by atoms with Gasteiger partial charge in [0.1, 0.15) is 16.2 Å². The first-order valence-electron chi connectivity index (χ1n) is 9.04. The van der Waals surface area contributed by atoms with E-state index in [1.54, 1.807) is 0 Å². The molecule has 1 aliphatic carbocycles. The smallest absolute Gasteiger partial charge is 0.0802 e. The van der Waals surface area contributed by atoms with Crippen LogP contribution in [0.4, 0.5) is 0 Å². The summed E-state index contributed by atoms with van der Waals surface area (Å²) in [5.41, 5.74) is 1.38. The highest BCUT2D eigenvalue weighted by molar-refractivity contribution is 9.36. The summed E-state index contributed by atoms with van der Waals surface area (Å²) >= 11 is 43.8. The number of hydrogen-bond donors (Lipinski definition) is 0. The summed E-state index contributed by atoms with van der Waals surface area (Å²) in [5, 5.41) is 0. The Balaban J connectivity index is 2.49. The first-order valence-corrected chi connectivity index (χ1v) is 17.8. The average Bonchev–Trinajstić information content (AvgIpc) is 2.64. The zero-order chi connectivity index (χ0) is 23.4. The van der Waals surface area contributed by atoms with Gasteiger partial charge < -0.3 is 0 Å². The summed E-state index contributed by atoms with van der Waals surface area (Å²) < 4.78 is -3.87. The van der Waals surface area contributed by atoms with Crippen molar-refractivity contribution in [3.8, 4) is 0 Å². The van der Waals surface area contributed by atoms with Crippen LogP contribution in [0, 0.1) is 11.8 Å². The third-order valence-electron chi connectivity index (χ3n) is 5.85. The Hall–Kier alpha value is 4.50. The number of alkyl halides is 11. The van der Waals surface area contributed by atoms with Crippen molar-refractivity contribution in [3.05, 3.63) is 35.9 Å². The summed E-state index contributed by atoms with van der Waals surface area (Å²) in [5.74, 6) is 0.955. The van der Waals surface area contributed by atoms with Crippen LogP contribution in [0.25, 0.3) is 0 Å². The maximum absolute atomic E-state index is 4.18. The molecule has 1 fully saturated rings. The molecule has 0 radical (unpaired) electrons. The largest absolute Gasteiger partial charge is 0.135 e. The van der Waals surface area contributed by atoms with Crippen LogP contribution in [0.2, 0.25) is 0 Å². The van der Waals surface area contributed by atoms with Gasteiger partial charge in [0, 0.05) is 0 Å². The van der Waals surface area contributed by atoms with Gasteiger partial charge in [0.15, 0.2) is 0 Å². The molecule has 1 saturated carbocycles. The van der Waals surface area contributed by atoms with Crippen molar-refractivity contribution in [2.45, 2.75) is 53.6 Å². The molecule has 30 heavy (non-hydrogen) atoms. The number of hydrogen-bond acceptors (Lipinski definition) is 0. The molecule has 0 aromatic heterocycles. The van der Waals surface area contributed by atoms with Crippen molar-refractivity contribution in [3.63, 3.8) is 0 Å². The minimum absolute atomic E-state index is 0.420. The summed E-state index contributed by atoms with van der Waals surface area (Å²) in [7, 11) is 0. The predicted molar refractivity (Wildman–Crippen MR) is 172 cm³/mol. The number of rotatable bonds is 6. The van der Waals surface area contributed by atoms with E-state index in [2.05, 4.69) is 219 Å². The molecule has 0 heterocycles. The standard InChI is InChI=1S/C19H19Br11/c1-3-13(9-12-7-5-4-6-8-12)11(2)10-14(20)15(21,22)17(25,26)19(29,30)18(27,28)16(14,23)24/h4-8,11,13H,3,9-10H2,1-2H3. The molecule has 0 N–H and O–H groups in total. The van der Waals surface area contributed by atoms with Crippen molar-refractivity contribution >= 4 is 175 Å². The van der Waals surface area contributed by atoms with E-state index in [9.17, 15) is 0 Å². The van der Waals surface area contributed by atoms with Crippen molar-refractivity contribution in [1.29, 1.82) is 0 Å². The second kappa shape index (κ2) is 10.7. The van der Waals surface area contributed by atoms with E-state index in [1.165, 1.54) is 5.56 Å². The molecule has 1 aliphatic rings. The fourth-order valence-corrected chi connectivity index (χ4v) is 17.0. The van der Waals surface area contributed by atoms with Crippen molar-refractivity contribution in [2.75, 3.05) is 0 Å². The highest BCUT2D eigenvalue weighted by atomic mass is 79.9. The zero-order valence-electron chi connectivity index (χ0n) is 15.8. The lowest BCUT2D eigenvalue weighted by Gasteiger charge is -2.67. The topological polar surface area (TPSA) is 0 Å². The van der Waals surface area contributed by atoms with E-state index in [-0.39, 0.29) is 0 Å². The van der Waals surface area contributed by atoms with E-state index < -0.39 is 20.5 Å². The van der Waals surface area contributed by atoms with Crippen LogP contribution in [0.15, 0.2) is 30.3 Å². The molecule has 2 atom stereocenters. The molecule has 0 bridgehead atoms. The Morgan fingerprint density at radius 1 is 0.667 bits per heavy atom. The Kier molecular flexibility index (Phi) is 11.0. The van der Waals surface area contributed by atoms with Crippen LogP contribution in [0.3, 0.4) is 0 Å². The molecule has 0 saturated heterocycles. The Morgan fingerprint density at radius 3 is 1.47 bits per heavy atom. The van der Waals surface area contributed by atoms with Gasteiger partial charge >= 0.3 is 0 Å². The zero-order valence-corrected chi connectivity index (χ0v) is 33.3. The van der Waals surface area contributed by atoms with E-state index in [0.29, 0.717) is 11.8 Å². The minimum Gasteiger partial charge on any atom is -0.0802 e. The summed E-state index contributed by atoms with van der Waals surface area (Å²) in [6.07, 6.45) is 3.02. The fraction of sp³-hybridized carbons (Fsp3) is 0.684. The monoisotopic (exact) mass is 1120 g/mol. The highest BCUT2D eigenvalue weighted by Gasteiger charge is 2.84. The Morgan fingerprint density at radius 2 is 1.07 bits per heavy atom. The van der Waals surface area contributed by atoms with Gasteiger partial charge in [-0.1, -0.05) is 226 Å². The second-order valence-electron chi connectivity index (χ2n) is 7.71. The Bertz CT molecular complexity index is 712. The minimum atomic E-state index is -0.686. The van der Waals surface area contributed by atoms with E-state index in [1.807, 2.05) is 0 Å². The van der Waals surface area contributed by atoms with Gasteiger partial charge in [-0.3, -0.25) is 0 Å². The lowest BCUT2D eigenvalue weighted by Crippen LogP contribution is -2.78. The fourth-order valence-electron chi connectivity index (χ4n) is 3.82. The molecule has 0 amide bonds. The van der Waals surface area contributed by atoms with Crippen molar-refractivity contribution < 1.29 is 0 Å². The first-order chi connectivity index (χ1) is 13.4. The van der Waals surface area contributed by atoms with Crippen molar-refractivity contribution in [1.82, 2.24) is 0 Å². The van der Waals surface area contributed by atoms with Crippen molar-refractivity contribution in [2.24, 2.45) is 11.8 Å². The van der Waals surface area contributed by atoms with Gasteiger partial charge in [0.25, 0.3) is 0 Å². The molecule has 1 aromatic carbocycles. The number of benzene rings is 1. The van der Waals surface area contributed by atoms with Crippen LogP contribution >= 0.6 is 175 Å². The summed E-state index contributed by atoms with van der Waals surface area (Å²) in [6.45, 7) is 4.61. The van der Waals surface area contributed by atoms with Gasteiger partial charge in [-0.2, -0.15) is 0 Å². The lowest BCUT2D eigenvalue weighted by molar-refractivity contribution is 0.264. The van der Waals surface area contributed by atoms with Crippen LogP contribution in [0.5, 0.6) is 0 Å². The van der Waals surface area contributed by atoms with Crippen LogP contribution < -0.4 is 0 Å². The van der Waals surface area contributed by atoms with Gasteiger partial charge in [-0.25, -0.2) is 0 Å². The van der Waals surface area contributed by atoms with E-state index >= 15 is 0 Å². The molecule has 172 valence electrons. The highest BCUT2D eigenvalue weighted by Crippen LogP contribution is 2.82. The maximum Gasteiger partial charge on any atom is 0.135 e. The Labute approximate surface area is 272 Å². The summed E-state index contributed by atoms with van der Waals surface area (Å²) in [4.78, 5) is 0. The van der Waals surface area contributed by atoms with Gasteiger partial charge in [0.2, 0.25) is 0 Å². The van der Waals surface area contributed by atoms with E-state index in [4.69, 9.17) is 0 Å². The van der Waals surface area contributed by atoms with E-state index in [0.717, 1.165) is 19.3 Å². The molecule has 11 heteroatoms. The normalized spacial score (nSPS) is 27.2. The third kappa shape index (κ3) is 4.86. The second-order valence-corrected chi connectivity index (χ2v) is 26.3. The molecule has 0 spiro atoms. The predicted octanol–water partition coefficient (Wildman–Crippen LogP) is 11.9. The molecule has 0 aliphatic heterocycles. The maximum atomic E-state index is 4.18. The van der Waals surface area contributed by atoms with Crippen LogP contribution in [-0.4, -0.2) is 20.5 Å². The molecule has 2 unspecified atom stereocenters. The van der Waals surface area contributed by atoms with Gasteiger partial charge in [-0.05, 0) is 30.2 Å². The molecular formula is C19H19Br11. The third-order valence-corrected chi connectivity index (χ3v) is 30.2. The number of halogens is 11. The average molecular weight is 1130 g/mol. The quantitative estimate of drug-likeness (QED) is 0.249. The lowest BCUT2D eigenvalue weighted by atomic mass is 9.76. The van der Waals surface area contributed by atoms with Gasteiger partial charge in [-0.15, -0.1) is 0 Å². The molecule has 2 rings (SSSR count). The molecule has 1 aromatic rings. The molecular weight excluding hydrogens is 1110 g/mol.